The number of hydrogen-bond acceptors (Lipinski definition) is 1. The van der Waals surface area contributed by atoms with E-state index in [9.17, 15) is 0 Å². The summed E-state index contributed by atoms with van der Waals surface area (Å²) in [7, 11) is 0. The Hall–Kier alpha value is -3.84. The molecule has 0 atom stereocenters. The summed E-state index contributed by atoms with van der Waals surface area (Å²) in [5.74, 6) is 0. The first-order chi connectivity index (χ1) is 14.4. The lowest BCUT2D eigenvalue weighted by Crippen LogP contribution is -2.09. The number of hydrogen-bond donors (Lipinski definition) is 0. The molecule has 0 N–H and O–H groups in total. The molecule has 0 heterocycles. The zero-order valence-corrected chi connectivity index (χ0v) is 16.1. The molecular weight excluding hydrogens is 350 g/mol. The molecule has 0 aliphatic rings. The summed E-state index contributed by atoms with van der Waals surface area (Å²) in [6.07, 6.45) is 0. The Kier molecular flexibility index (Phi) is 4.56. The molecule has 0 aliphatic heterocycles. The second-order valence-electron chi connectivity index (χ2n) is 7.09. The van der Waals surface area contributed by atoms with Crippen LogP contribution in [0.3, 0.4) is 0 Å². The van der Waals surface area contributed by atoms with Gasteiger partial charge in [0.2, 0.25) is 0 Å². The normalized spacial score (nSPS) is 10.8. The average molecular weight is 371 g/mol. The molecule has 5 aromatic rings. The van der Waals surface area contributed by atoms with E-state index < -0.39 is 0 Å². The van der Waals surface area contributed by atoms with Crippen molar-refractivity contribution in [2.75, 3.05) is 4.90 Å². The quantitative estimate of drug-likeness (QED) is 0.309. The van der Waals surface area contributed by atoms with Crippen molar-refractivity contribution < 1.29 is 0 Å². The maximum Gasteiger partial charge on any atom is 0.0474 e. The summed E-state index contributed by atoms with van der Waals surface area (Å²) < 4.78 is 0. The predicted octanol–water partition coefficient (Wildman–Crippen LogP) is 7.98. The Morgan fingerprint density at radius 1 is 0.414 bits per heavy atom. The van der Waals surface area contributed by atoms with Crippen LogP contribution in [0.5, 0.6) is 0 Å². The van der Waals surface area contributed by atoms with E-state index in [1.807, 2.05) is 0 Å². The lowest BCUT2D eigenvalue weighted by atomic mass is 9.97. The van der Waals surface area contributed by atoms with Crippen LogP contribution < -0.4 is 4.90 Å². The molecule has 0 fully saturated rings. The number of benzene rings is 5. The van der Waals surface area contributed by atoms with E-state index in [4.69, 9.17) is 0 Å². The van der Waals surface area contributed by atoms with Crippen molar-refractivity contribution in [3.8, 4) is 11.1 Å². The standard InChI is InChI=1S/C28H21N/c1-4-12-22(13-5-1)28-21-26(20-23-14-10-11-19-27(23)28)29(24-15-6-2-7-16-24)25-17-8-3-9-18-25/h1-21H. The molecule has 1 nitrogen and oxygen atoms in total. The fourth-order valence-corrected chi connectivity index (χ4v) is 3.88. The summed E-state index contributed by atoms with van der Waals surface area (Å²) in [6, 6.07) is 44.9. The van der Waals surface area contributed by atoms with Crippen LogP contribution in [0.2, 0.25) is 0 Å². The van der Waals surface area contributed by atoms with Gasteiger partial charge < -0.3 is 4.90 Å². The van der Waals surface area contributed by atoms with Gasteiger partial charge in [-0.1, -0.05) is 91.0 Å². The third-order valence-corrected chi connectivity index (χ3v) is 5.22. The molecule has 0 aromatic heterocycles. The average Bonchev–Trinajstić information content (AvgIpc) is 2.81. The Labute approximate surface area is 171 Å². The van der Waals surface area contributed by atoms with Crippen LogP contribution in [0.1, 0.15) is 0 Å². The van der Waals surface area contributed by atoms with Crippen LogP contribution in [-0.2, 0) is 0 Å². The smallest absolute Gasteiger partial charge is 0.0474 e. The van der Waals surface area contributed by atoms with Crippen LogP contribution in [0.15, 0.2) is 127 Å². The largest absolute Gasteiger partial charge is 0.310 e. The summed E-state index contributed by atoms with van der Waals surface area (Å²) in [5.41, 5.74) is 5.92. The van der Waals surface area contributed by atoms with Gasteiger partial charge in [-0.05, 0) is 58.3 Å². The second-order valence-corrected chi connectivity index (χ2v) is 7.09. The fraction of sp³-hybridized carbons (Fsp3) is 0. The molecule has 0 radical (unpaired) electrons. The van der Waals surface area contributed by atoms with Gasteiger partial charge in [-0.15, -0.1) is 0 Å². The first-order valence-electron chi connectivity index (χ1n) is 9.88. The van der Waals surface area contributed by atoms with Crippen molar-refractivity contribution in [2.45, 2.75) is 0 Å². The zero-order valence-electron chi connectivity index (χ0n) is 16.1. The third kappa shape index (κ3) is 3.39. The molecule has 5 rings (SSSR count). The summed E-state index contributed by atoms with van der Waals surface area (Å²) in [5, 5.41) is 2.50. The van der Waals surface area contributed by atoms with Crippen molar-refractivity contribution in [2.24, 2.45) is 0 Å². The minimum atomic E-state index is 1.15. The van der Waals surface area contributed by atoms with Gasteiger partial charge in [0, 0.05) is 17.1 Å². The molecule has 0 aliphatic carbocycles. The fourth-order valence-electron chi connectivity index (χ4n) is 3.88. The SMILES string of the molecule is c1ccc(-c2cc(N(c3ccccc3)c3ccccc3)cc3ccccc23)cc1. The first-order valence-corrected chi connectivity index (χ1v) is 9.88. The Bertz CT molecular complexity index is 1190. The Balaban J connectivity index is 1.78. The number of anilines is 3. The number of nitrogens with zero attached hydrogens (tertiary/aromatic N) is 1. The zero-order chi connectivity index (χ0) is 19.5. The minimum absolute atomic E-state index is 1.15. The van der Waals surface area contributed by atoms with Crippen LogP contribution in [-0.4, -0.2) is 0 Å². The molecule has 0 amide bonds. The Morgan fingerprint density at radius 3 is 1.55 bits per heavy atom. The lowest BCUT2D eigenvalue weighted by molar-refractivity contribution is 1.29. The molecule has 0 spiro atoms. The van der Waals surface area contributed by atoms with Crippen molar-refractivity contribution in [1.82, 2.24) is 0 Å². The summed E-state index contributed by atoms with van der Waals surface area (Å²) in [4.78, 5) is 2.32. The molecule has 5 aromatic carbocycles. The van der Waals surface area contributed by atoms with E-state index in [2.05, 4.69) is 132 Å². The molecule has 0 saturated heterocycles. The Morgan fingerprint density at radius 2 is 0.931 bits per heavy atom. The molecule has 0 saturated carbocycles. The maximum absolute atomic E-state index is 2.32. The monoisotopic (exact) mass is 371 g/mol. The highest BCUT2D eigenvalue weighted by Crippen LogP contribution is 2.39. The van der Waals surface area contributed by atoms with Crippen molar-refractivity contribution >= 4 is 27.8 Å². The first kappa shape index (κ1) is 17.3. The van der Waals surface area contributed by atoms with Gasteiger partial charge in [-0.3, -0.25) is 0 Å². The molecule has 1 heteroatoms. The van der Waals surface area contributed by atoms with Crippen LogP contribution in [0.25, 0.3) is 21.9 Å². The van der Waals surface area contributed by atoms with Gasteiger partial charge in [0.05, 0.1) is 0 Å². The number of para-hydroxylation sites is 2. The van der Waals surface area contributed by atoms with Crippen LogP contribution in [0, 0.1) is 0 Å². The highest BCUT2D eigenvalue weighted by atomic mass is 15.1. The number of fused-ring (bicyclic) bond motifs is 1. The van der Waals surface area contributed by atoms with E-state index in [0.29, 0.717) is 0 Å². The van der Waals surface area contributed by atoms with Gasteiger partial charge in [0.15, 0.2) is 0 Å². The molecule has 138 valence electrons. The van der Waals surface area contributed by atoms with Gasteiger partial charge in [-0.2, -0.15) is 0 Å². The van der Waals surface area contributed by atoms with Gasteiger partial charge in [-0.25, -0.2) is 0 Å². The molecule has 29 heavy (non-hydrogen) atoms. The minimum Gasteiger partial charge on any atom is -0.310 e. The van der Waals surface area contributed by atoms with Crippen LogP contribution in [0.4, 0.5) is 17.1 Å². The highest BCUT2D eigenvalue weighted by Gasteiger charge is 2.15. The van der Waals surface area contributed by atoms with Crippen molar-refractivity contribution in [3.05, 3.63) is 127 Å². The maximum atomic E-state index is 2.32. The molecule has 0 unspecified atom stereocenters. The van der Waals surface area contributed by atoms with E-state index in [-0.39, 0.29) is 0 Å². The topological polar surface area (TPSA) is 3.24 Å². The van der Waals surface area contributed by atoms with E-state index in [1.54, 1.807) is 0 Å². The second kappa shape index (κ2) is 7.65. The summed E-state index contributed by atoms with van der Waals surface area (Å²) >= 11 is 0. The number of rotatable bonds is 4. The summed E-state index contributed by atoms with van der Waals surface area (Å²) in [6.45, 7) is 0. The molecular formula is C28H21N. The van der Waals surface area contributed by atoms with Gasteiger partial charge >= 0.3 is 0 Å². The van der Waals surface area contributed by atoms with Gasteiger partial charge in [0.25, 0.3) is 0 Å². The van der Waals surface area contributed by atoms with Crippen molar-refractivity contribution in [3.63, 3.8) is 0 Å². The van der Waals surface area contributed by atoms with E-state index in [1.165, 1.54) is 21.9 Å². The highest BCUT2D eigenvalue weighted by molar-refractivity contribution is 6.00. The van der Waals surface area contributed by atoms with E-state index >= 15 is 0 Å². The van der Waals surface area contributed by atoms with Crippen LogP contribution >= 0.6 is 0 Å². The predicted molar refractivity (Wildman–Crippen MR) is 124 cm³/mol. The molecule has 0 bridgehead atoms. The van der Waals surface area contributed by atoms with Gasteiger partial charge in [0.1, 0.15) is 0 Å². The van der Waals surface area contributed by atoms with E-state index in [0.717, 1.165) is 17.1 Å². The van der Waals surface area contributed by atoms with Crippen molar-refractivity contribution in [1.29, 1.82) is 0 Å². The lowest BCUT2D eigenvalue weighted by Gasteiger charge is -2.26. The third-order valence-electron chi connectivity index (χ3n) is 5.22.